The second-order valence-corrected chi connectivity index (χ2v) is 7.04. The van der Waals surface area contributed by atoms with E-state index in [1.54, 1.807) is 9.80 Å². The van der Waals surface area contributed by atoms with Gasteiger partial charge in [-0.25, -0.2) is 12.7 Å². The largest absolute Gasteiger partial charge is 0.339 e. The number of piperazine rings is 1. The van der Waals surface area contributed by atoms with Crippen LogP contribution in [0.2, 0.25) is 0 Å². The molecule has 8 heteroatoms. The lowest BCUT2D eigenvalue weighted by Crippen LogP contribution is -2.50. The molecule has 0 atom stereocenters. The molecule has 0 N–H and O–H groups in total. The summed E-state index contributed by atoms with van der Waals surface area (Å²) in [5.74, 6) is -0.345. The van der Waals surface area contributed by atoms with Gasteiger partial charge in [0.2, 0.25) is 21.8 Å². The van der Waals surface area contributed by atoms with Crippen LogP contribution in [0.25, 0.3) is 0 Å². The first-order valence-corrected chi connectivity index (χ1v) is 7.78. The molecule has 1 saturated heterocycles. The van der Waals surface area contributed by atoms with Gasteiger partial charge < -0.3 is 9.80 Å². The Morgan fingerprint density at radius 1 is 1.05 bits per heavy atom. The van der Waals surface area contributed by atoms with E-state index >= 15 is 0 Å². The molecule has 19 heavy (non-hydrogen) atoms. The van der Waals surface area contributed by atoms with Crippen LogP contribution < -0.4 is 0 Å². The van der Waals surface area contributed by atoms with Crippen LogP contribution in [0.5, 0.6) is 0 Å². The van der Waals surface area contributed by atoms with Crippen LogP contribution in [-0.2, 0) is 19.6 Å². The molecule has 0 radical (unpaired) electrons. The summed E-state index contributed by atoms with van der Waals surface area (Å²) < 4.78 is 24.2. The summed E-state index contributed by atoms with van der Waals surface area (Å²) in [6, 6.07) is 0. The third-order valence-corrected chi connectivity index (χ3v) is 5.04. The predicted octanol–water partition coefficient (Wildman–Crippen LogP) is -1.04. The van der Waals surface area contributed by atoms with Crippen molar-refractivity contribution in [2.45, 2.75) is 13.3 Å². The molecule has 0 aromatic carbocycles. The van der Waals surface area contributed by atoms with Gasteiger partial charge in [0.15, 0.2) is 0 Å². The monoisotopic (exact) mass is 291 g/mol. The zero-order valence-electron chi connectivity index (χ0n) is 11.6. The molecular formula is C11H21N3O4S. The van der Waals surface area contributed by atoms with E-state index in [1.807, 2.05) is 0 Å². The quantitative estimate of drug-likeness (QED) is 0.663. The number of carbonyl (C=O) groups excluding carboxylic acids is 2. The van der Waals surface area contributed by atoms with Gasteiger partial charge >= 0.3 is 0 Å². The Labute approximate surface area is 114 Å². The summed E-state index contributed by atoms with van der Waals surface area (Å²) >= 11 is 0. The Morgan fingerprint density at radius 2 is 1.53 bits per heavy atom. The van der Waals surface area contributed by atoms with Gasteiger partial charge in [0.1, 0.15) is 0 Å². The zero-order chi connectivity index (χ0) is 14.6. The van der Waals surface area contributed by atoms with Crippen molar-refractivity contribution in [1.82, 2.24) is 14.1 Å². The lowest BCUT2D eigenvalue weighted by molar-refractivity contribution is -0.138. The summed E-state index contributed by atoms with van der Waals surface area (Å²) in [4.78, 5) is 26.3. The maximum atomic E-state index is 11.9. The van der Waals surface area contributed by atoms with E-state index in [0.29, 0.717) is 26.2 Å². The van der Waals surface area contributed by atoms with Crippen LogP contribution in [0.4, 0.5) is 0 Å². The molecule has 0 aromatic heterocycles. The van der Waals surface area contributed by atoms with Gasteiger partial charge in [0.25, 0.3) is 0 Å². The normalized spacial score (nSPS) is 16.8. The smallest absolute Gasteiger partial charge is 0.223 e. The Hall–Kier alpha value is -1.15. The second-order valence-electron chi connectivity index (χ2n) is 4.74. The van der Waals surface area contributed by atoms with Gasteiger partial charge in [-0.2, -0.15) is 0 Å². The summed E-state index contributed by atoms with van der Waals surface area (Å²) in [6.45, 7) is 3.48. The number of sulfonamides is 1. The standard InChI is InChI=1S/C11H21N3O4S/c1-10(15)13-5-7-14(8-6-13)11(16)4-9-19(17,18)12(2)3/h4-9H2,1-3H3. The molecule has 0 spiro atoms. The van der Waals surface area contributed by atoms with E-state index in [4.69, 9.17) is 0 Å². The van der Waals surface area contributed by atoms with Crippen LogP contribution in [0.1, 0.15) is 13.3 Å². The fraction of sp³-hybridized carbons (Fsp3) is 0.818. The van der Waals surface area contributed by atoms with Crippen LogP contribution >= 0.6 is 0 Å². The molecule has 1 aliphatic heterocycles. The van der Waals surface area contributed by atoms with Crippen LogP contribution in [0.3, 0.4) is 0 Å². The average Bonchev–Trinajstić information content (AvgIpc) is 2.36. The highest BCUT2D eigenvalue weighted by molar-refractivity contribution is 7.89. The fourth-order valence-electron chi connectivity index (χ4n) is 1.83. The highest BCUT2D eigenvalue weighted by Crippen LogP contribution is 2.06. The second kappa shape index (κ2) is 6.33. The lowest BCUT2D eigenvalue weighted by Gasteiger charge is -2.34. The van der Waals surface area contributed by atoms with E-state index < -0.39 is 10.0 Å². The van der Waals surface area contributed by atoms with Crippen LogP contribution in [-0.4, -0.2) is 80.4 Å². The first-order chi connectivity index (χ1) is 8.74. The molecule has 0 unspecified atom stereocenters. The van der Waals surface area contributed by atoms with Crippen LogP contribution in [0, 0.1) is 0 Å². The molecule has 1 fully saturated rings. The summed E-state index contributed by atoms with van der Waals surface area (Å²) in [5, 5.41) is 0. The van der Waals surface area contributed by atoms with E-state index in [0.717, 1.165) is 4.31 Å². The van der Waals surface area contributed by atoms with E-state index in [9.17, 15) is 18.0 Å². The van der Waals surface area contributed by atoms with Gasteiger partial charge in [-0.3, -0.25) is 9.59 Å². The SMILES string of the molecule is CC(=O)N1CCN(C(=O)CCS(=O)(=O)N(C)C)CC1. The molecule has 0 saturated carbocycles. The number of carbonyl (C=O) groups is 2. The first kappa shape index (κ1) is 15.9. The molecule has 7 nitrogen and oxygen atoms in total. The first-order valence-electron chi connectivity index (χ1n) is 6.17. The third kappa shape index (κ3) is 4.46. The molecule has 0 bridgehead atoms. The van der Waals surface area contributed by atoms with Crippen molar-refractivity contribution in [2.24, 2.45) is 0 Å². The number of amides is 2. The molecule has 0 aliphatic carbocycles. The van der Waals surface area contributed by atoms with Crippen LogP contribution in [0.15, 0.2) is 0 Å². The summed E-state index contributed by atoms with van der Waals surface area (Å²) in [6.07, 6.45) is -0.0133. The molecule has 1 heterocycles. The van der Waals surface area contributed by atoms with E-state index in [-0.39, 0.29) is 24.0 Å². The Kier molecular flexibility index (Phi) is 5.30. The van der Waals surface area contributed by atoms with E-state index in [2.05, 4.69) is 0 Å². The van der Waals surface area contributed by atoms with Crippen molar-refractivity contribution < 1.29 is 18.0 Å². The minimum Gasteiger partial charge on any atom is -0.339 e. The minimum atomic E-state index is -3.33. The number of hydrogen-bond donors (Lipinski definition) is 0. The number of nitrogens with zero attached hydrogens (tertiary/aromatic N) is 3. The van der Waals surface area contributed by atoms with Gasteiger partial charge in [-0.15, -0.1) is 0 Å². The topological polar surface area (TPSA) is 78.0 Å². The highest BCUT2D eigenvalue weighted by Gasteiger charge is 2.24. The fourth-order valence-corrected chi connectivity index (χ4v) is 2.63. The summed E-state index contributed by atoms with van der Waals surface area (Å²) in [7, 11) is -0.435. The molecule has 1 rings (SSSR count). The van der Waals surface area contributed by atoms with Gasteiger partial charge in [-0.05, 0) is 0 Å². The minimum absolute atomic E-state index is 0.00212. The van der Waals surface area contributed by atoms with Crippen molar-refractivity contribution in [1.29, 1.82) is 0 Å². The maximum Gasteiger partial charge on any atom is 0.223 e. The number of rotatable bonds is 4. The molecular weight excluding hydrogens is 270 g/mol. The van der Waals surface area contributed by atoms with E-state index in [1.165, 1.54) is 21.0 Å². The molecule has 0 aromatic rings. The van der Waals surface area contributed by atoms with Gasteiger partial charge in [0.05, 0.1) is 5.75 Å². The van der Waals surface area contributed by atoms with Gasteiger partial charge in [0, 0.05) is 53.6 Å². The maximum absolute atomic E-state index is 11.9. The Balaban J connectivity index is 2.42. The molecule has 1 aliphatic rings. The van der Waals surface area contributed by atoms with Crippen molar-refractivity contribution in [3.63, 3.8) is 0 Å². The molecule has 110 valence electrons. The van der Waals surface area contributed by atoms with Crippen molar-refractivity contribution in [2.75, 3.05) is 46.0 Å². The van der Waals surface area contributed by atoms with Gasteiger partial charge in [-0.1, -0.05) is 0 Å². The van der Waals surface area contributed by atoms with Crippen molar-refractivity contribution in [3.8, 4) is 0 Å². The Bertz CT molecular complexity index is 439. The van der Waals surface area contributed by atoms with Crippen molar-refractivity contribution in [3.05, 3.63) is 0 Å². The van der Waals surface area contributed by atoms with Crippen molar-refractivity contribution >= 4 is 21.8 Å². The average molecular weight is 291 g/mol. The summed E-state index contributed by atoms with van der Waals surface area (Å²) in [5.41, 5.74) is 0. The number of hydrogen-bond acceptors (Lipinski definition) is 4. The third-order valence-electron chi connectivity index (χ3n) is 3.21. The predicted molar refractivity (Wildman–Crippen MR) is 70.9 cm³/mol. The Morgan fingerprint density at radius 3 is 1.95 bits per heavy atom. The zero-order valence-corrected chi connectivity index (χ0v) is 12.4. The lowest BCUT2D eigenvalue weighted by atomic mass is 10.3. The molecule has 2 amide bonds. The highest BCUT2D eigenvalue weighted by atomic mass is 32.2.